The van der Waals surface area contributed by atoms with Crippen LogP contribution >= 0.6 is 15.9 Å². The predicted octanol–water partition coefficient (Wildman–Crippen LogP) is 4.23. The Morgan fingerprint density at radius 2 is 2.00 bits per heavy atom. The van der Waals surface area contributed by atoms with Gasteiger partial charge in [0.2, 0.25) is 0 Å². The van der Waals surface area contributed by atoms with Crippen LogP contribution in [-0.4, -0.2) is 12.2 Å². The number of halogens is 1. The lowest BCUT2D eigenvalue weighted by Gasteiger charge is -2.24. The molecule has 4 heteroatoms. The molecule has 0 heterocycles. The molecule has 0 saturated heterocycles. The molecular weight excluding hydrogens is 342 g/mol. The van der Waals surface area contributed by atoms with Crippen molar-refractivity contribution in [1.82, 2.24) is 5.32 Å². The maximum atomic E-state index is 11.9. The van der Waals surface area contributed by atoms with Crippen molar-refractivity contribution < 1.29 is 9.53 Å². The maximum absolute atomic E-state index is 11.9. The van der Waals surface area contributed by atoms with Crippen LogP contribution in [0.1, 0.15) is 23.1 Å². The SMILES string of the molecule is O=C(NCc1ccccc1)O[C@H]1CCc2cc(Br)ccc2C1. The first-order valence-electron chi connectivity index (χ1n) is 7.46. The Labute approximate surface area is 138 Å². The highest BCUT2D eigenvalue weighted by Crippen LogP contribution is 2.26. The number of ether oxygens (including phenoxy) is 1. The van der Waals surface area contributed by atoms with Crippen LogP contribution in [-0.2, 0) is 24.1 Å². The number of fused-ring (bicyclic) bond motifs is 1. The van der Waals surface area contributed by atoms with Gasteiger partial charge in [-0.3, -0.25) is 0 Å². The van der Waals surface area contributed by atoms with Gasteiger partial charge in [0, 0.05) is 17.4 Å². The van der Waals surface area contributed by atoms with Crippen molar-refractivity contribution in [2.24, 2.45) is 0 Å². The van der Waals surface area contributed by atoms with Crippen molar-refractivity contribution in [3.8, 4) is 0 Å². The minimum Gasteiger partial charge on any atom is -0.446 e. The first kappa shape index (κ1) is 15.1. The average molecular weight is 360 g/mol. The fraction of sp³-hybridized carbons (Fsp3) is 0.278. The number of rotatable bonds is 3. The number of hydrogen-bond acceptors (Lipinski definition) is 2. The van der Waals surface area contributed by atoms with Crippen LogP contribution in [0.25, 0.3) is 0 Å². The van der Waals surface area contributed by atoms with Gasteiger partial charge in [0.1, 0.15) is 6.10 Å². The summed E-state index contributed by atoms with van der Waals surface area (Å²) in [6.45, 7) is 0.496. The van der Waals surface area contributed by atoms with Gasteiger partial charge >= 0.3 is 6.09 Å². The molecule has 1 amide bonds. The van der Waals surface area contributed by atoms with Crippen LogP contribution in [0.3, 0.4) is 0 Å². The van der Waals surface area contributed by atoms with Crippen molar-refractivity contribution in [1.29, 1.82) is 0 Å². The van der Waals surface area contributed by atoms with Crippen LogP contribution in [0.4, 0.5) is 4.79 Å². The van der Waals surface area contributed by atoms with Gasteiger partial charge in [-0.05, 0) is 41.7 Å². The molecule has 1 aliphatic carbocycles. The van der Waals surface area contributed by atoms with E-state index < -0.39 is 0 Å². The standard InChI is InChI=1S/C18H18BrNO2/c19-16-8-6-15-11-17(9-7-14(15)10-16)22-18(21)20-12-13-4-2-1-3-5-13/h1-6,8,10,17H,7,9,11-12H2,(H,20,21)/t17-/m0/s1. The highest BCUT2D eigenvalue weighted by Gasteiger charge is 2.21. The van der Waals surface area contributed by atoms with E-state index in [1.54, 1.807) is 0 Å². The summed E-state index contributed by atoms with van der Waals surface area (Å²) in [5.74, 6) is 0. The van der Waals surface area contributed by atoms with E-state index in [1.165, 1.54) is 11.1 Å². The number of benzene rings is 2. The van der Waals surface area contributed by atoms with Gasteiger partial charge in [0.25, 0.3) is 0 Å². The van der Waals surface area contributed by atoms with Crippen molar-refractivity contribution in [2.45, 2.75) is 31.9 Å². The zero-order chi connectivity index (χ0) is 15.4. The number of hydrogen-bond donors (Lipinski definition) is 1. The molecule has 0 unspecified atom stereocenters. The fourth-order valence-electron chi connectivity index (χ4n) is 2.75. The van der Waals surface area contributed by atoms with E-state index in [4.69, 9.17) is 4.74 Å². The lowest BCUT2D eigenvalue weighted by molar-refractivity contribution is 0.0891. The van der Waals surface area contributed by atoms with Crippen molar-refractivity contribution in [3.05, 3.63) is 69.7 Å². The second kappa shape index (κ2) is 6.97. The largest absolute Gasteiger partial charge is 0.446 e. The number of carbonyl (C=O) groups is 1. The summed E-state index contributed by atoms with van der Waals surface area (Å²) < 4.78 is 6.64. The summed E-state index contributed by atoms with van der Waals surface area (Å²) in [7, 11) is 0. The fourth-order valence-corrected chi connectivity index (χ4v) is 3.16. The Hall–Kier alpha value is -1.81. The normalized spacial score (nSPS) is 16.7. The van der Waals surface area contributed by atoms with Gasteiger partial charge in [-0.15, -0.1) is 0 Å². The van der Waals surface area contributed by atoms with E-state index in [1.807, 2.05) is 36.4 Å². The lowest BCUT2D eigenvalue weighted by Crippen LogP contribution is -2.31. The molecule has 1 N–H and O–H groups in total. The van der Waals surface area contributed by atoms with Gasteiger partial charge in [0.15, 0.2) is 0 Å². The minimum absolute atomic E-state index is 0.0375. The molecule has 2 aromatic rings. The molecule has 114 valence electrons. The highest BCUT2D eigenvalue weighted by atomic mass is 79.9. The summed E-state index contributed by atoms with van der Waals surface area (Å²) >= 11 is 3.49. The number of alkyl carbamates (subject to hydrolysis) is 1. The summed E-state index contributed by atoms with van der Waals surface area (Å²) in [5, 5.41) is 2.81. The van der Waals surface area contributed by atoms with Crippen LogP contribution in [0, 0.1) is 0 Å². The molecule has 0 saturated carbocycles. The first-order valence-corrected chi connectivity index (χ1v) is 8.26. The van der Waals surface area contributed by atoms with E-state index >= 15 is 0 Å². The van der Waals surface area contributed by atoms with E-state index in [2.05, 4.69) is 33.4 Å². The molecule has 0 fully saturated rings. The van der Waals surface area contributed by atoms with E-state index in [0.29, 0.717) is 6.54 Å². The van der Waals surface area contributed by atoms with Crippen molar-refractivity contribution in [2.75, 3.05) is 0 Å². The molecule has 3 rings (SSSR count). The summed E-state index contributed by atoms with van der Waals surface area (Å²) in [6, 6.07) is 16.1. The number of aryl methyl sites for hydroxylation is 1. The first-order chi connectivity index (χ1) is 10.7. The molecule has 22 heavy (non-hydrogen) atoms. The highest BCUT2D eigenvalue weighted by molar-refractivity contribution is 9.10. The minimum atomic E-state index is -0.339. The Balaban J connectivity index is 1.51. The Kier molecular flexibility index (Phi) is 4.78. The van der Waals surface area contributed by atoms with Crippen LogP contribution in [0.2, 0.25) is 0 Å². The third-order valence-corrected chi connectivity index (χ3v) is 4.40. The number of amides is 1. The molecule has 3 nitrogen and oxygen atoms in total. The molecule has 0 aliphatic heterocycles. The maximum Gasteiger partial charge on any atom is 0.407 e. The lowest BCUT2D eigenvalue weighted by atomic mass is 9.90. The summed E-state index contributed by atoms with van der Waals surface area (Å²) in [5.41, 5.74) is 3.69. The number of nitrogens with one attached hydrogen (secondary N) is 1. The quantitative estimate of drug-likeness (QED) is 0.890. The molecule has 0 spiro atoms. The van der Waals surface area contributed by atoms with E-state index in [0.717, 1.165) is 29.3 Å². The molecule has 2 aromatic carbocycles. The van der Waals surface area contributed by atoms with Crippen LogP contribution in [0.15, 0.2) is 53.0 Å². The van der Waals surface area contributed by atoms with E-state index in [-0.39, 0.29) is 12.2 Å². The summed E-state index contributed by atoms with van der Waals surface area (Å²) in [6.07, 6.45) is 2.24. The van der Waals surface area contributed by atoms with Gasteiger partial charge in [-0.1, -0.05) is 52.3 Å². The predicted molar refractivity (Wildman–Crippen MR) is 89.7 cm³/mol. The molecule has 0 radical (unpaired) electrons. The Bertz CT molecular complexity index is 657. The van der Waals surface area contributed by atoms with E-state index in [9.17, 15) is 4.79 Å². The molecule has 1 aliphatic rings. The van der Waals surface area contributed by atoms with Gasteiger partial charge in [-0.25, -0.2) is 4.79 Å². The summed E-state index contributed by atoms with van der Waals surface area (Å²) in [4.78, 5) is 11.9. The second-order valence-electron chi connectivity index (χ2n) is 5.52. The monoisotopic (exact) mass is 359 g/mol. The topological polar surface area (TPSA) is 38.3 Å². The Morgan fingerprint density at radius 1 is 1.18 bits per heavy atom. The smallest absolute Gasteiger partial charge is 0.407 e. The Morgan fingerprint density at radius 3 is 2.82 bits per heavy atom. The van der Waals surface area contributed by atoms with Crippen molar-refractivity contribution >= 4 is 22.0 Å². The molecular formula is C18H18BrNO2. The van der Waals surface area contributed by atoms with Gasteiger partial charge < -0.3 is 10.1 Å². The third-order valence-electron chi connectivity index (χ3n) is 3.90. The second-order valence-corrected chi connectivity index (χ2v) is 6.44. The van der Waals surface area contributed by atoms with Crippen molar-refractivity contribution in [3.63, 3.8) is 0 Å². The van der Waals surface area contributed by atoms with Gasteiger partial charge in [0.05, 0.1) is 0 Å². The van der Waals surface area contributed by atoms with Gasteiger partial charge in [-0.2, -0.15) is 0 Å². The zero-order valence-electron chi connectivity index (χ0n) is 12.2. The molecule has 1 atom stereocenters. The molecule has 0 bridgehead atoms. The average Bonchev–Trinajstić information content (AvgIpc) is 2.54. The third kappa shape index (κ3) is 3.89. The number of carbonyl (C=O) groups excluding carboxylic acids is 1. The zero-order valence-corrected chi connectivity index (χ0v) is 13.8. The molecule has 0 aromatic heterocycles. The van der Waals surface area contributed by atoms with Crippen LogP contribution < -0.4 is 5.32 Å². The van der Waals surface area contributed by atoms with Crippen LogP contribution in [0.5, 0.6) is 0 Å².